The summed E-state index contributed by atoms with van der Waals surface area (Å²) in [5, 5.41) is 6.92. The molecular formula is C18H17F3N6O2. The molecule has 3 aromatic heterocycles. The second-order valence-electron chi connectivity index (χ2n) is 6.88. The highest BCUT2D eigenvalue weighted by Gasteiger charge is 2.33. The molecule has 11 heteroatoms. The van der Waals surface area contributed by atoms with Crippen molar-refractivity contribution in [2.24, 2.45) is 0 Å². The van der Waals surface area contributed by atoms with Gasteiger partial charge in [0.25, 0.3) is 11.8 Å². The van der Waals surface area contributed by atoms with Gasteiger partial charge in [-0.05, 0) is 25.5 Å². The second kappa shape index (κ2) is 6.61. The van der Waals surface area contributed by atoms with E-state index in [1.807, 2.05) is 6.92 Å². The highest BCUT2D eigenvalue weighted by molar-refractivity contribution is 6.04. The van der Waals surface area contributed by atoms with Gasteiger partial charge in [-0.15, -0.1) is 0 Å². The number of anilines is 1. The van der Waals surface area contributed by atoms with Crippen LogP contribution in [0.2, 0.25) is 0 Å². The first-order valence-electron chi connectivity index (χ1n) is 8.82. The number of likely N-dealkylation sites (N-methyl/N-ethyl adjacent to an activating group) is 1. The van der Waals surface area contributed by atoms with Gasteiger partial charge in [0.1, 0.15) is 18.2 Å². The van der Waals surface area contributed by atoms with Gasteiger partial charge in [-0.2, -0.15) is 18.3 Å². The molecule has 1 aliphatic rings. The van der Waals surface area contributed by atoms with Crippen LogP contribution in [0.15, 0.2) is 30.7 Å². The van der Waals surface area contributed by atoms with E-state index in [4.69, 9.17) is 0 Å². The molecule has 0 aliphatic carbocycles. The molecule has 3 aromatic rings. The topological polar surface area (TPSA) is 84.5 Å². The number of alkyl halides is 3. The van der Waals surface area contributed by atoms with Gasteiger partial charge in [-0.1, -0.05) is 0 Å². The average molecular weight is 406 g/mol. The number of nitrogens with one attached hydrogen (secondary N) is 1. The summed E-state index contributed by atoms with van der Waals surface area (Å²) in [6.45, 7) is 2.23. The minimum Gasteiger partial charge on any atom is -0.339 e. The van der Waals surface area contributed by atoms with Gasteiger partial charge in [0, 0.05) is 25.9 Å². The van der Waals surface area contributed by atoms with Gasteiger partial charge in [-0.25, -0.2) is 9.67 Å². The van der Waals surface area contributed by atoms with Gasteiger partial charge < -0.3 is 9.72 Å². The lowest BCUT2D eigenvalue weighted by molar-refractivity contribution is -0.137. The molecule has 0 unspecified atom stereocenters. The Bertz CT molecular complexity index is 1120. The third-order valence-corrected chi connectivity index (χ3v) is 4.87. The molecule has 4 heterocycles. The molecular weight excluding hydrogens is 389 g/mol. The van der Waals surface area contributed by atoms with Crippen LogP contribution in [0.5, 0.6) is 0 Å². The molecule has 8 nitrogen and oxygen atoms in total. The Balaban J connectivity index is 1.60. The zero-order chi connectivity index (χ0) is 20.9. The molecule has 0 bridgehead atoms. The van der Waals surface area contributed by atoms with Gasteiger partial charge >= 0.3 is 6.18 Å². The number of hydrogen-bond donors (Lipinski definition) is 1. The lowest BCUT2D eigenvalue weighted by atomic mass is 10.1. The molecule has 0 saturated heterocycles. The molecule has 152 valence electrons. The Morgan fingerprint density at radius 1 is 1.31 bits per heavy atom. The summed E-state index contributed by atoms with van der Waals surface area (Å²) < 4.78 is 42.0. The zero-order valence-electron chi connectivity index (χ0n) is 15.6. The predicted octanol–water partition coefficient (Wildman–Crippen LogP) is 2.02. The fourth-order valence-corrected chi connectivity index (χ4v) is 3.39. The van der Waals surface area contributed by atoms with Crippen LogP contribution in [0, 0.1) is 6.92 Å². The third-order valence-electron chi connectivity index (χ3n) is 4.87. The fraction of sp³-hybridized carbons (Fsp3) is 0.333. The van der Waals surface area contributed by atoms with E-state index in [0.717, 1.165) is 17.8 Å². The minimum absolute atomic E-state index is 0.00954. The molecule has 4 rings (SSSR count). The monoisotopic (exact) mass is 406 g/mol. The van der Waals surface area contributed by atoms with Crippen LogP contribution in [0.3, 0.4) is 0 Å². The minimum atomic E-state index is -4.54. The summed E-state index contributed by atoms with van der Waals surface area (Å²) in [6.07, 6.45) is -1.81. The number of pyridine rings is 1. The van der Waals surface area contributed by atoms with Crippen molar-refractivity contribution >= 4 is 23.1 Å². The number of hydrogen-bond acceptors (Lipinski definition) is 4. The number of imidazole rings is 1. The van der Waals surface area contributed by atoms with Crippen LogP contribution in [-0.2, 0) is 17.5 Å². The highest BCUT2D eigenvalue weighted by Crippen LogP contribution is 2.30. The standard InChI is InChI=1S/C18H17F3N6O2/c1-10-7-14-25(2)17(29)12(4-6-27(14)24-10)23-16(28)15-13-8-11(18(19,20)21)3-5-26(13)9-22-15/h3,5,7-9,12H,4,6H2,1-2H3,(H,23,28)/t12-/m0/s1. The molecule has 29 heavy (non-hydrogen) atoms. The van der Waals surface area contributed by atoms with Crippen molar-refractivity contribution in [3.05, 3.63) is 47.7 Å². The lowest BCUT2D eigenvalue weighted by Gasteiger charge is -2.20. The number of carbonyl (C=O) groups is 2. The van der Waals surface area contributed by atoms with Crippen LogP contribution in [0.1, 0.15) is 28.2 Å². The molecule has 1 aliphatic heterocycles. The maximum atomic E-state index is 13.0. The summed E-state index contributed by atoms with van der Waals surface area (Å²) in [5.74, 6) is -0.433. The van der Waals surface area contributed by atoms with Crippen molar-refractivity contribution in [1.82, 2.24) is 24.5 Å². The van der Waals surface area contributed by atoms with Gasteiger partial charge in [0.15, 0.2) is 5.69 Å². The molecule has 0 radical (unpaired) electrons. The molecule has 0 spiro atoms. The Kier molecular flexibility index (Phi) is 4.32. The van der Waals surface area contributed by atoms with E-state index in [-0.39, 0.29) is 17.1 Å². The Hall–Kier alpha value is -3.37. The van der Waals surface area contributed by atoms with E-state index < -0.39 is 23.7 Å². The number of aryl methyl sites for hydroxylation is 2. The average Bonchev–Trinajstić information content (AvgIpc) is 3.23. The van der Waals surface area contributed by atoms with Crippen molar-refractivity contribution in [1.29, 1.82) is 0 Å². The fourth-order valence-electron chi connectivity index (χ4n) is 3.39. The number of rotatable bonds is 2. The van der Waals surface area contributed by atoms with E-state index in [1.165, 1.54) is 21.8 Å². The van der Waals surface area contributed by atoms with Crippen LogP contribution < -0.4 is 10.2 Å². The highest BCUT2D eigenvalue weighted by atomic mass is 19.4. The SMILES string of the molecule is Cc1cc2n(n1)CC[C@H](NC(=O)c1ncn3ccc(C(F)(F)F)cc13)C(=O)N2C. The Morgan fingerprint density at radius 2 is 2.07 bits per heavy atom. The van der Waals surface area contributed by atoms with Crippen molar-refractivity contribution < 1.29 is 22.8 Å². The zero-order valence-corrected chi connectivity index (χ0v) is 15.6. The van der Waals surface area contributed by atoms with Gasteiger partial charge in [0.05, 0.1) is 16.8 Å². The van der Waals surface area contributed by atoms with Crippen LogP contribution in [0.4, 0.5) is 19.0 Å². The summed E-state index contributed by atoms with van der Waals surface area (Å²) in [7, 11) is 1.58. The molecule has 0 aromatic carbocycles. The number of amides is 2. The third kappa shape index (κ3) is 3.32. The van der Waals surface area contributed by atoms with E-state index in [2.05, 4.69) is 15.4 Å². The maximum absolute atomic E-state index is 13.0. The molecule has 1 atom stereocenters. The number of carbonyl (C=O) groups excluding carboxylic acids is 2. The number of halogens is 3. The van der Waals surface area contributed by atoms with Crippen molar-refractivity contribution in [2.45, 2.75) is 32.1 Å². The quantitative estimate of drug-likeness (QED) is 0.706. The predicted molar refractivity (Wildman–Crippen MR) is 96.4 cm³/mol. The number of aromatic nitrogens is 4. The molecule has 1 N–H and O–H groups in total. The Labute approximate surface area is 162 Å². The maximum Gasteiger partial charge on any atom is 0.416 e. The van der Waals surface area contributed by atoms with Crippen LogP contribution >= 0.6 is 0 Å². The van der Waals surface area contributed by atoms with Gasteiger partial charge in [0.2, 0.25) is 0 Å². The second-order valence-corrected chi connectivity index (χ2v) is 6.88. The van der Waals surface area contributed by atoms with Crippen molar-refractivity contribution in [2.75, 3.05) is 11.9 Å². The van der Waals surface area contributed by atoms with Crippen LogP contribution in [-0.4, -0.2) is 44.1 Å². The first-order chi connectivity index (χ1) is 13.6. The lowest BCUT2D eigenvalue weighted by Crippen LogP contribution is -2.46. The van der Waals surface area contributed by atoms with E-state index >= 15 is 0 Å². The number of nitrogens with zero attached hydrogens (tertiary/aromatic N) is 5. The summed E-state index contributed by atoms with van der Waals surface area (Å²) in [4.78, 5) is 30.8. The number of fused-ring (bicyclic) bond motifs is 2. The summed E-state index contributed by atoms with van der Waals surface area (Å²) in [5.41, 5.74) is -0.280. The molecule has 0 fully saturated rings. The first kappa shape index (κ1) is 19.0. The van der Waals surface area contributed by atoms with E-state index in [0.29, 0.717) is 18.8 Å². The first-order valence-corrected chi connectivity index (χ1v) is 8.82. The normalized spacial score (nSPS) is 17.3. The smallest absolute Gasteiger partial charge is 0.339 e. The molecule has 0 saturated carbocycles. The van der Waals surface area contributed by atoms with E-state index in [9.17, 15) is 22.8 Å². The van der Waals surface area contributed by atoms with Crippen molar-refractivity contribution in [3.8, 4) is 0 Å². The van der Waals surface area contributed by atoms with Gasteiger partial charge in [-0.3, -0.25) is 14.5 Å². The summed E-state index contributed by atoms with van der Waals surface area (Å²) >= 11 is 0. The van der Waals surface area contributed by atoms with Crippen molar-refractivity contribution in [3.63, 3.8) is 0 Å². The largest absolute Gasteiger partial charge is 0.416 e. The Morgan fingerprint density at radius 3 is 2.79 bits per heavy atom. The molecule has 2 amide bonds. The van der Waals surface area contributed by atoms with E-state index in [1.54, 1.807) is 17.8 Å². The van der Waals surface area contributed by atoms with Crippen LogP contribution in [0.25, 0.3) is 5.52 Å². The summed E-state index contributed by atoms with van der Waals surface area (Å²) in [6, 6.07) is 2.69.